The summed E-state index contributed by atoms with van der Waals surface area (Å²) in [4.78, 5) is 8.75. The number of imidazole rings is 1. The number of aliphatic hydroxyl groups is 1. The summed E-state index contributed by atoms with van der Waals surface area (Å²) in [6.45, 7) is 0. The van der Waals surface area contributed by atoms with Crippen molar-refractivity contribution in [2.75, 3.05) is 0 Å². The van der Waals surface area contributed by atoms with Gasteiger partial charge in [0.1, 0.15) is 11.9 Å². The van der Waals surface area contributed by atoms with Gasteiger partial charge in [-0.25, -0.2) is 9.97 Å². The number of aliphatic hydroxyl groups excluding tert-OH is 1. The lowest BCUT2D eigenvalue weighted by Gasteiger charge is -2.08. The first-order valence-corrected chi connectivity index (χ1v) is 7.27. The highest BCUT2D eigenvalue weighted by Gasteiger charge is 2.15. The molecule has 2 aromatic heterocycles. The van der Waals surface area contributed by atoms with Crippen molar-refractivity contribution >= 4 is 11.3 Å². The fourth-order valence-corrected chi connectivity index (χ4v) is 2.94. The second-order valence-electron chi connectivity index (χ2n) is 4.61. The number of benzene rings is 1. The second-order valence-corrected chi connectivity index (χ2v) is 5.55. The molecule has 4 nitrogen and oxygen atoms in total. The molecular weight excluding hydrogens is 270 g/mol. The van der Waals surface area contributed by atoms with Crippen LogP contribution in [0.15, 0.2) is 48.1 Å². The second kappa shape index (κ2) is 5.56. The lowest BCUT2D eigenvalue weighted by atomic mass is 10.2. The van der Waals surface area contributed by atoms with E-state index >= 15 is 0 Å². The summed E-state index contributed by atoms with van der Waals surface area (Å²) < 4.78 is 1.83. The Hall–Kier alpha value is -1.98. The van der Waals surface area contributed by atoms with E-state index in [-0.39, 0.29) is 0 Å². The van der Waals surface area contributed by atoms with Crippen molar-refractivity contribution in [3.63, 3.8) is 0 Å². The largest absolute Gasteiger partial charge is 0.385 e. The van der Waals surface area contributed by atoms with Crippen molar-refractivity contribution in [1.82, 2.24) is 14.5 Å². The minimum atomic E-state index is -0.621. The Morgan fingerprint density at radius 2 is 2.10 bits per heavy atom. The van der Waals surface area contributed by atoms with Gasteiger partial charge in [-0.2, -0.15) is 0 Å². The summed E-state index contributed by atoms with van der Waals surface area (Å²) in [6.07, 6.45) is 3.39. The molecule has 3 rings (SSSR count). The van der Waals surface area contributed by atoms with E-state index in [9.17, 15) is 5.11 Å². The molecule has 1 atom stereocenters. The van der Waals surface area contributed by atoms with Crippen LogP contribution in [0.25, 0.3) is 11.3 Å². The van der Waals surface area contributed by atoms with Crippen LogP contribution >= 0.6 is 11.3 Å². The van der Waals surface area contributed by atoms with Crippen molar-refractivity contribution in [1.29, 1.82) is 0 Å². The van der Waals surface area contributed by atoms with Gasteiger partial charge in [0.25, 0.3) is 0 Å². The summed E-state index contributed by atoms with van der Waals surface area (Å²) >= 11 is 1.57. The number of rotatable bonds is 4. The van der Waals surface area contributed by atoms with E-state index in [1.165, 1.54) is 0 Å². The predicted molar refractivity (Wildman–Crippen MR) is 79.4 cm³/mol. The lowest BCUT2D eigenvalue weighted by Crippen LogP contribution is -2.08. The number of nitrogens with zero attached hydrogens (tertiary/aromatic N) is 3. The van der Waals surface area contributed by atoms with Crippen LogP contribution in [0.5, 0.6) is 0 Å². The molecule has 3 aromatic rings. The highest BCUT2D eigenvalue weighted by atomic mass is 32.1. The van der Waals surface area contributed by atoms with Crippen molar-refractivity contribution in [2.24, 2.45) is 7.05 Å². The molecule has 0 saturated carbocycles. The molecule has 102 valence electrons. The monoisotopic (exact) mass is 285 g/mol. The van der Waals surface area contributed by atoms with Crippen LogP contribution in [0, 0.1) is 0 Å². The normalized spacial score (nSPS) is 12.5. The van der Waals surface area contributed by atoms with Gasteiger partial charge in [-0.1, -0.05) is 30.3 Å². The molecule has 5 heteroatoms. The van der Waals surface area contributed by atoms with Gasteiger partial charge < -0.3 is 9.67 Å². The molecular formula is C15H15N3OS. The number of aryl methyl sites for hydroxylation is 1. The Balaban J connectivity index is 1.76. The topological polar surface area (TPSA) is 50.9 Å². The molecule has 0 radical (unpaired) electrons. The predicted octanol–water partition coefficient (Wildman–Crippen LogP) is 2.82. The van der Waals surface area contributed by atoms with Gasteiger partial charge in [0.2, 0.25) is 0 Å². The fraction of sp³-hybridized carbons (Fsp3) is 0.200. The maximum atomic E-state index is 10.2. The van der Waals surface area contributed by atoms with E-state index in [1.54, 1.807) is 17.5 Å². The molecule has 0 fully saturated rings. The number of aromatic nitrogens is 3. The highest BCUT2D eigenvalue weighted by molar-refractivity contribution is 7.09. The minimum Gasteiger partial charge on any atom is -0.385 e. The third-order valence-corrected chi connectivity index (χ3v) is 4.02. The molecule has 0 aliphatic carbocycles. The van der Waals surface area contributed by atoms with Gasteiger partial charge >= 0.3 is 0 Å². The zero-order chi connectivity index (χ0) is 13.9. The van der Waals surface area contributed by atoms with Crippen LogP contribution in [0.1, 0.15) is 16.9 Å². The fourth-order valence-electron chi connectivity index (χ4n) is 2.10. The maximum Gasteiger partial charge on any atom is 0.137 e. The summed E-state index contributed by atoms with van der Waals surface area (Å²) in [6, 6.07) is 10.1. The van der Waals surface area contributed by atoms with Gasteiger partial charge in [-0.3, -0.25) is 0 Å². The number of thiazole rings is 1. The van der Waals surface area contributed by atoms with Crippen molar-refractivity contribution < 1.29 is 5.11 Å². The van der Waals surface area contributed by atoms with Gasteiger partial charge in [0.05, 0.1) is 10.7 Å². The third kappa shape index (κ3) is 2.64. The number of hydrogen-bond acceptors (Lipinski definition) is 4. The average molecular weight is 285 g/mol. The SMILES string of the molecule is Cn1ccnc1C(O)Cc1nc(-c2ccccc2)cs1. The van der Waals surface area contributed by atoms with E-state index in [2.05, 4.69) is 9.97 Å². The van der Waals surface area contributed by atoms with Crippen LogP contribution in [0.3, 0.4) is 0 Å². The van der Waals surface area contributed by atoms with Crippen LogP contribution < -0.4 is 0 Å². The maximum absolute atomic E-state index is 10.2. The molecule has 1 aromatic carbocycles. The van der Waals surface area contributed by atoms with E-state index in [0.29, 0.717) is 12.2 Å². The molecule has 2 heterocycles. The van der Waals surface area contributed by atoms with Gasteiger partial charge in [-0.15, -0.1) is 11.3 Å². The Morgan fingerprint density at radius 1 is 1.30 bits per heavy atom. The molecule has 0 spiro atoms. The lowest BCUT2D eigenvalue weighted by molar-refractivity contribution is 0.165. The Bertz CT molecular complexity index is 690. The summed E-state index contributed by atoms with van der Waals surface area (Å²) in [5, 5.41) is 13.1. The molecule has 0 aliphatic heterocycles. The van der Waals surface area contributed by atoms with Crippen LogP contribution in [0.4, 0.5) is 0 Å². The zero-order valence-corrected chi connectivity index (χ0v) is 11.9. The Morgan fingerprint density at radius 3 is 2.80 bits per heavy atom. The van der Waals surface area contributed by atoms with Crippen LogP contribution in [-0.2, 0) is 13.5 Å². The van der Waals surface area contributed by atoms with E-state index in [1.807, 2.05) is 53.5 Å². The molecule has 1 N–H and O–H groups in total. The molecule has 20 heavy (non-hydrogen) atoms. The molecule has 0 amide bonds. The molecule has 0 saturated heterocycles. The molecule has 1 unspecified atom stereocenters. The summed E-state index contributed by atoms with van der Waals surface area (Å²) in [7, 11) is 1.88. The number of hydrogen-bond donors (Lipinski definition) is 1. The zero-order valence-electron chi connectivity index (χ0n) is 11.1. The van der Waals surface area contributed by atoms with E-state index in [4.69, 9.17) is 0 Å². The van der Waals surface area contributed by atoms with Gasteiger partial charge in [0.15, 0.2) is 0 Å². The molecule has 0 aliphatic rings. The quantitative estimate of drug-likeness (QED) is 0.802. The minimum absolute atomic E-state index is 0.488. The van der Waals surface area contributed by atoms with Crippen LogP contribution in [-0.4, -0.2) is 19.6 Å². The summed E-state index contributed by atoms with van der Waals surface area (Å²) in [5.74, 6) is 0.668. The van der Waals surface area contributed by atoms with Gasteiger partial charge in [-0.05, 0) is 0 Å². The highest BCUT2D eigenvalue weighted by Crippen LogP contribution is 2.24. The van der Waals surface area contributed by atoms with Crippen molar-refractivity contribution in [3.05, 3.63) is 58.9 Å². The van der Waals surface area contributed by atoms with Crippen molar-refractivity contribution in [2.45, 2.75) is 12.5 Å². The molecule has 0 bridgehead atoms. The third-order valence-electron chi connectivity index (χ3n) is 3.15. The first-order valence-electron chi connectivity index (χ1n) is 6.39. The average Bonchev–Trinajstić information content (AvgIpc) is 3.09. The first-order chi connectivity index (χ1) is 9.74. The van der Waals surface area contributed by atoms with Crippen LogP contribution in [0.2, 0.25) is 0 Å². The Labute approximate surface area is 121 Å². The summed E-state index contributed by atoms with van der Waals surface area (Å²) in [5.41, 5.74) is 2.05. The van der Waals surface area contributed by atoms with Crippen molar-refractivity contribution in [3.8, 4) is 11.3 Å². The van der Waals surface area contributed by atoms with Gasteiger partial charge in [0, 0.05) is 36.8 Å². The Kier molecular flexibility index (Phi) is 3.62. The standard InChI is InChI=1S/C15H15N3OS/c1-18-8-7-16-15(18)13(19)9-14-17-12(10-20-14)11-5-3-2-4-6-11/h2-8,10,13,19H,9H2,1H3. The van der Waals surface area contributed by atoms with E-state index in [0.717, 1.165) is 16.3 Å². The van der Waals surface area contributed by atoms with E-state index < -0.39 is 6.10 Å². The first kappa shape index (κ1) is 13.0. The smallest absolute Gasteiger partial charge is 0.137 e.